The predicted octanol–water partition coefficient (Wildman–Crippen LogP) is -1.63. The van der Waals surface area contributed by atoms with Gasteiger partial charge >= 0.3 is 0 Å². The number of hydrogen-bond acceptors (Lipinski definition) is 8. The lowest BCUT2D eigenvalue weighted by Crippen LogP contribution is -2.55. The molecular formula is C10H18N2O8S. The summed E-state index contributed by atoms with van der Waals surface area (Å²) >= 11 is 0. The summed E-state index contributed by atoms with van der Waals surface area (Å²) in [5.74, 6) is -1.10. The molecule has 0 bridgehead atoms. The number of aliphatic hydroxyl groups is 2. The molecule has 1 saturated heterocycles. The fourth-order valence-electron chi connectivity index (χ4n) is 2.00. The van der Waals surface area contributed by atoms with E-state index in [2.05, 4.69) is 10.5 Å². The normalized spacial score (nSPS) is 29.9. The summed E-state index contributed by atoms with van der Waals surface area (Å²) in [6.07, 6.45) is -3.64. The number of hydrogen-bond donors (Lipinski definition) is 4. The third-order valence-corrected chi connectivity index (χ3v) is 3.82. The minimum Gasteiger partial charge on any atom is -0.394 e. The molecule has 1 aliphatic rings. The monoisotopic (exact) mass is 326 g/mol. The predicted molar refractivity (Wildman–Crippen MR) is 69.7 cm³/mol. The number of carbonyl (C=O) groups excluding carboxylic acids is 1. The molecule has 0 aromatic carbocycles. The SMILES string of the molecule is O=NC1OC(CO)CC(NC(=O)CCCS(=O)(=O)O)C1O. The molecule has 0 aromatic rings. The Bertz CT molecular complexity index is 468. The van der Waals surface area contributed by atoms with Crippen molar-refractivity contribution in [3.63, 3.8) is 0 Å². The van der Waals surface area contributed by atoms with Crippen LogP contribution < -0.4 is 5.32 Å². The first-order chi connectivity index (χ1) is 9.76. The lowest BCUT2D eigenvalue weighted by atomic mass is 9.99. The second kappa shape index (κ2) is 7.75. The van der Waals surface area contributed by atoms with E-state index in [1.807, 2.05) is 0 Å². The molecule has 10 nitrogen and oxygen atoms in total. The van der Waals surface area contributed by atoms with Gasteiger partial charge in [-0.3, -0.25) is 9.35 Å². The summed E-state index contributed by atoms with van der Waals surface area (Å²) in [6, 6.07) is -0.836. The van der Waals surface area contributed by atoms with Gasteiger partial charge in [-0.2, -0.15) is 8.42 Å². The van der Waals surface area contributed by atoms with E-state index >= 15 is 0 Å². The number of ether oxygens (including phenoxy) is 1. The van der Waals surface area contributed by atoms with Crippen LogP contribution in [0.5, 0.6) is 0 Å². The van der Waals surface area contributed by atoms with Crippen molar-refractivity contribution in [1.82, 2.24) is 5.32 Å². The van der Waals surface area contributed by atoms with E-state index in [1.165, 1.54) is 0 Å². The standard InChI is InChI=1S/C10H18N2O8S/c13-5-6-4-7(9(15)10(12-16)20-6)11-8(14)2-1-3-21(17,18)19/h6-7,9-10,13,15H,1-5H2,(H,11,14)(H,17,18,19). The highest BCUT2D eigenvalue weighted by atomic mass is 32.2. The first-order valence-electron chi connectivity index (χ1n) is 6.28. The zero-order valence-corrected chi connectivity index (χ0v) is 11.9. The zero-order valence-electron chi connectivity index (χ0n) is 11.1. The zero-order chi connectivity index (χ0) is 16.0. The van der Waals surface area contributed by atoms with Crippen LogP contribution in [0.25, 0.3) is 0 Å². The van der Waals surface area contributed by atoms with Gasteiger partial charge in [0.25, 0.3) is 10.1 Å². The maximum Gasteiger partial charge on any atom is 0.264 e. The highest BCUT2D eigenvalue weighted by Gasteiger charge is 2.39. The van der Waals surface area contributed by atoms with Gasteiger partial charge in [0.2, 0.25) is 12.1 Å². The Morgan fingerprint density at radius 3 is 2.62 bits per heavy atom. The van der Waals surface area contributed by atoms with E-state index in [-0.39, 0.29) is 19.3 Å². The van der Waals surface area contributed by atoms with Crippen LogP contribution in [0.4, 0.5) is 0 Å². The lowest BCUT2D eigenvalue weighted by molar-refractivity contribution is -0.146. The number of amides is 1. The molecule has 4 atom stereocenters. The molecule has 21 heavy (non-hydrogen) atoms. The van der Waals surface area contributed by atoms with E-state index < -0.39 is 52.9 Å². The molecule has 1 aliphatic heterocycles. The smallest absolute Gasteiger partial charge is 0.264 e. The molecule has 1 rings (SSSR count). The van der Waals surface area contributed by atoms with Crippen LogP contribution in [0.1, 0.15) is 19.3 Å². The van der Waals surface area contributed by atoms with Gasteiger partial charge < -0.3 is 20.3 Å². The minimum atomic E-state index is -4.13. The Labute approximate surface area is 121 Å². The average Bonchev–Trinajstić information content (AvgIpc) is 2.39. The molecule has 4 unspecified atom stereocenters. The molecule has 1 fully saturated rings. The van der Waals surface area contributed by atoms with Crippen molar-refractivity contribution in [2.24, 2.45) is 5.18 Å². The van der Waals surface area contributed by atoms with Crippen LogP contribution >= 0.6 is 0 Å². The Kier molecular flexibility index (Phi) is 6.61. The minimum absolute atomic E-state index is 0.0806. The van der Waals surface area contributed by atoms with E-state index in [4.69, 9.17) is 14.4 Å². The summed E-state index contributed by atoms with van der Waals surface area (Å²) in [7, 11) is -4.13. The summed E-state index contributed by atoms with van der Waals surface area (Å²) in [6.45, 7) is -0.395. The quantitative estimate of drug-likeness (QED) is 0.320. The van der Waals surface area contributed by atoms with Crippen molar-refractivity contribution in [1.29, 1.82) is 0 Å². The van der Waals surface area contributed by atoms with Crippen molar-refractivity contribution in [3.05, 3.63) is 4.91 Å². The van der Waals surface area contributed by atoms with Gasteiger partial charge in [0.15, 0.2) is 0 Å². The molecule has 0 saturated carbocycles. The van der Waals surface area contributed by atoms with Crippen LogP contribution in [0.2, 0.25) is 0 Å². The molecule has 4 N–H and O–H groups in total. The highest BCUT2D eigenvalue weighted by Crippen LogP contribution is 2.21. The van der Waals surface area contributed by atoms with Crippen molar-refractivity contribution >= 4 is 16.0 Å². The van der Waals surface area contributed by atoms with Crippen LogP contribution in [0, 0.1) is 4.91 Å². The number of carbonyl (C=O) groups is 1. The second-order valence-electron chi connectivity index (χ2n) is 4.73. The van der Waals surface area contributed by atoms with Crippen LogP contribution in [0.3, 0.4) is 0 Å². The number of rotatable bonds is 7. The Hall–Kier alpha value is -1.14. The van der Waals surface area contributed by atoms with Gasteiger partial charge in [0.05, 0.1) is 24.5 Å². The molecule has 1 amide bonds. The van der Waals surface area contributed by atoms with Gasteiger partial charge in [-0.1, -0.05) is 0 Å². The highest BCUT2D eigenvalue weighted by molar-refractivity contribution is 7.85. The van der Waals surface area contributed by atoms with E-state index in [1.54, 1.807) is 0 Å². The summed E-state index contributed by atoms with van der Waals surface area (Å²) in [5.41, 5.74) is 0. The summed E-state index contributed by atoms with van der Waals surface area (Å²) < 4.78 is 34.6. The summed E-state index contributed by atoms with van der Waals surface area (Å²) in [5, 5.41) is 23.8. The van der Waals surface area contributed by atoms with Crippen LogP contribution in [0.15, 0.2) is 5.18 Å². The van der Waals surface area contributed by atoms with E-state index in [9.17, 15) is 23.2 Å². The van der Waals surface area contributed by atoms with Crippen molar-refractivity contribution in [2.45, 2.75) is 43.7 Å². The molecule has 11 heteroatoms. The largest absolute Gasteiger partial charge is 0.394 e. The molecule has 122 valence electrons. The van der Waals surface area contributed by atoms with Gasteiger partial charge in [-0.25, -0.2) is 0 Å². The number of nitroso groups, excluding NO2 is 1. The van der Waals surface area contributed by atoms with Crippen molar-refractivity contribution in [3.8, 4) is 0 Å². The number of aliphatic hydroxyl groups excluding tert-OH is 2. The van der Waals surface area contributed by atoms with Gasteiger partial charge in [0, 0.05) is 6.42 Å². The number of nitrogens with zero attached hydrogens (tertiary/aromatic N) is 1. The van der Waals surface area contributed by atoms with E-state index in [0.717, 1.165) is 0 Å². The first-order valence-corrected chi connectivity index (χ1v) is 7.89. The Morgan fingerprint density at radius 2 is 2.10 bits per heavy atom. The topological polar surface area (TPSA) is 163 Å². The molecule has 0 spiro atoms. The van der Waals surface area contributed by atoms with Gasteiger partial charge in [-0.15, -0.1) is 4.91 Å². The maximum absolute atomic E-state index is 11.6. The van der Waals surface area contributed by atoms with Gasteiger partial charge in [0.1, 0.15) is 6.10 Å². The summed E-state index contributed by atoms with van der Waals surface area (Å²) in [4.78, 5) is 22.1. The third-order valence-electron chi connectivity index (χ3n) is 3.01. The van der Waals surface area contributed by atoms with Crippen LogP contribution in [-0.2, 0) is 19.6 Å². The Balaban J connectivity index is 2.50. The van der Waals surface area contributed by atoms with Crippen molar-refractivity contribution < 1.29 is 32.7 Å². The van der Waals surface area contributed by atoms with Crippen LogP contribution in [-0.4, -0.2) is 65.9 Å². The van der Waals surface area contributed by atoms with E-state index in [0.29, 0.717) is 0 Å². The lowest BCUT2D eigenvalue weighted by Gasteiger charge is -2.35. The third kappa shape index (κ3) is 6.01. The molecule has 0 aromatic heterocycles. The fraction of sp³-hybridized carbons (Fsp3) is 0.900. The fourth-order valence-corrected chi connectivity index (χ4v) is 2.51. The van der Waals surface area contributed by atoms with Crippen molar-refractivity contribution in [2.75, 3.05) is 12.4 Å². The molecule has 0 aliphatic carbocycles. The molecular weight excluding hydrogens is 308 g/mol. The molecule has 0 radical (unpaired) electrons. The maximum atomic E-state index is 11.6. The molecule has 1 heterocycles. The Morgan fingerprint density at radius 1 is 1.43 bits per heavy atom. The first kappa shape index (κ1) is 17.9. The second-order valence-corrected chi connectivity index (χ2v) is 6.30. The van der Waals surface area contributed by atoms with Gasteiger partial charge in [-0.05, 0) is 18.0 Å². The number of nitrogens with one attached hydrogen (secondary N) is 1. The average molecular weight is 326 g/mol.